The monoisotopic (exact) mass is 265 g/mol. The summed E-state index contributed by atoms with van der Waals surface area (Å²) in [6.07, 6.45) is 0. The first-order valence-electron chi connectivity index (χ1n) is 6.44. The van der Waals surface area contributed by atoms with Gasteiger partial charge in [0.25, 0.3) is 0 Å². The third-order valence-corrected chi connectivity index (χ3v) is 3.50. The second-order valence-electron chi connectivity index (χ2n) is 4.73. The second kappa shape index (κ2) is 4.87. The molecule has 0 radical (unpaired) electrons. The lowest BCUT2D eigenvalue weighted by atomic mass is 9.96. The molecule has 0 amide bonds. The maximum atomic E-state index is 10.1. The number of fused-ring (bicyclic) bond motifs is 1. The van der Waals surface area contributed by atoms with Crippen molar-refractivity contribution in [3.8, 4) is 22.6 Å². The fourth-order valence-electron chi connectivity index (χ4n) is 2.45. The molecule has 0 bridgehead atoms. The molecule has 0 atom stereocenters. The Morgan fingerprint density at radius 1 is 0.800 bits per heavy atom. The largest absolute Gasteiger partial charge is 0.504 e. The number of hydrogen-bond donors (Lipinski definition) is 3. The van der Waals surface area contributed by atoms with Gasteiger partial charge in [-0.05, 0) is 40.3 Å². The van der Waals surface area contributed by atoms with Crippen LogP contribution in [0.2, 0.25) is 0 Å². The van der Waals surface area contributed by atoms with E-state index in [0.717, 1.165) is 22.1 Å². The first-order chi connectivity index (χ1) is 9.70. The topological polar surface area (TPSA) is 66.5 Å². The third-order valence-electron chi connectivity index (χ3n) is 3.50. The minimum Gasteiger partial charge on any atom is -0.504 e. The summed E-state index contributed by atoms with van der Waals surface area (Å²) < 4.78 is 0. The molecule has 3 rings (SSSR count). The van der Waals surface area contributed by atoms with Gasteiger partial charge in [-0.3, -0.25) is 0 Å². The van der Waals surface area contributed by atoms with Crippen molar-refractivity contribution in [2.75, 3.05) is 0 Å². The molecular weight excluding hydrogens is 250 g/mol. The molecule has 0 heterocycles. The summed E-state index contributed by atoms with van der Waals surface area (Å²) in [5.74, 6) is -0.222. The van der Waals surface area contributed by atoms with Crippen LogP contribution in [-0.4, -0.2) is 10.2 Å². The van der Waals surface area contributed by atoms with Crippen LogP contribution in [0.15, 0.2) is 54.6 Å². The summed E-state index contributed by atoms with van der Waals surface area (Å²) in [5.41, 5.74) is 8.77. The molecule has 0 saturated heterocycles. The number of aromatic hydroxyl groups is 2. The molecule has 4 N–H and O–H groups in total. The summed E-state index contributed by atoms with van der Waals surface area (Å²) in [6, 6.07) is 17.0. The average Bonchev–Trinajstić information content (AvgIpc) is 2.51. The molecule has 0 fully saturated rings. The van der Waals surface area contributed by atoms with Gasteiger partial charge in [0.1, 0.15) is 0 Å². The fourth-order valence-corrected chi connectivity index (χ4v) is 2.45. The first-order valence-corrected chi connectivity index (χ1v) is 6.44. The average molecular weight is 265 g/mol. The predicted octanol–water partition coefficient (Wildman–Crippen LogP) is 3.38. The quantitative estimate of drug-likeness (QED) is 0.622. The van der Waals surface area contributed by atoms with E-state index < -0.39 is 0 Å². The molecule has 0 unspecified atom stereocenters. The number of benzene rings is 3. The smallest absolute Gasteiger partial charge is 0.165 e. The van der Waals surface area contributed by atoms with E-state index in [-0.39, 0.29) is 11.5 Å². The molecule has 3 heteroatoms. The molecular formula is C17H15NO2. The zero-order valence-corrected chi connectivity index (χ0v) is 10.9. The van der Waals surface area contributed by atoms with Crippen molar-refractivity contribution >= 4 is 10.8 Å². The fraction of sp³-hybridized carbons (Fsp3) is 0.0588. The molecule has 20 heavy (non-hydrogen) atoms. The minimum absolute atomic E-state index is 0.102. The van der Waals surface area contributed by atoms with Crippen LogP contribution in [0.1, 0.15) is 5.56 Å². The molecule has 0 aromatic heterocycles. The first kappa shape index (κ1) is 12.5. The lowest BCUT2D eigenvalue weighted by Gasteiger charge is -2.11. The van der Waals surface area contributed by atoms with E-state index in [0.29, 0.717) is 11.9 Å². The van der Waals surface area contributed by atoms with Gasteiger partial charge in [0.2, 0.25) is 0 Å². The Bertz CT molecular complexity index is 767. The van der Waals surface area contributed by atoms with Gasteiger partial charge in [-0.25, -0.2) is 0 Å². The highest BCUT2D eigenvalue weighted by Gasteiger charge is 2.10. The van der Waals surface area contributed by atoms with Crippen molar-refractivity contribution in [1.29, 1.82) is 0 Å². The Morgan fingerprint density at radius 3 is 2.25 bits per heavy atom. The van der Waals surface area contributed by atoms with Crippen LogP contribution in [0.4, 0.5) is 0 Å². The lowest BCUT2D eigenvalue weighted by molar-refractivity contribution is 0.408. The minimum atomic E-state index is -0.120. The Hall–Kier alpha value is -2.52. The van der Waals surface area contributed by atoms with Crippen molar-refractivity contribution in [2.45, 2.75) is 6.54 Å². The van der Waals surface area contributed by atoms with Crippen LogP contribution >= 0.6 is 0 Å². The van der Waals surface area contributed by atoms with E-state index in [9.17, 15) is 10.2 Å². The maximum absolute atomic E-state index is 10.1. The van der Waals surface area contributed by atoms with Crippen molar-refractivity contribution in [3.05, 3.63) is 60.2 Å². The predicted molar refractivity (Wildman–Crippen MR) is 80.6 cm³/mol. The molecule has 0 aliphatic carbocycles. The van der Waals surface area contributed by atoms with Gasteiger partial charge in [0.05, 0.1) is 0 Å². The molecule has 0 aliphatic heterocycles. The van der Waals surface area contributed by atoms with Crippen molar-refractivity contribution in [1.82, 2.24) is 0 Å². The summed E-state index contributed by atoms with van der Waals surface area (Å²) >= 11 is 0. The number of phenolic OH excluding ortho intramolecular Hbond substituents is 2. The van der Waals surface area contributed by atoms with Gasteiger partial charge in [0.15, 0.2) is 11.5 Å². The van der Waals surface area contributed by atoms with Crippen LogP contribution < -0.4 is 5.73 Å². The molecule has 0 aliphatic rings. The van der Waals surface area contributed by atoms with Gasteiger partial charge in [-0.15, -0.1) is 0 Å². The Labute approximate surface area is 116 Å². The summed E-state index contributed by atoms with van der Waals surface area (Å²) in [6.45, 7) is 0.376. The Morgan fingerprint density at radius 2 is 1.55 bits per heavy atom. The van der Waals surface area contributed by atoms with E-state index in [4.69, 9.17) is 5.73 Å². The molecule has 3 aromatic carbocycles. The normalized spacial score (nSPS) is 10.8. The maximum Gasteiger partial charge on any atom is 0.165 e. The van der Waals surface area contributed by atoms with Crippen molar-refractivity contribution in [3.63, 3.8) is 0 Å². The highest BCUT2D eigenvalue weighted by atomic mass is 16.3. The van der Waals surface area contributed by atoms with E-state index >= 15 is 0 Å². The highest BCUT2D eigenvalue weighted by Crippen LogP contribution is 2.37. The van der Waals surface area contributed by atoms with Gasteiger partial charge in [0, 0.05) is 11.9 Å². The van der Waals surface area contributed by atoms with Gasteiger partial charge in [-0.2, -0.15) is 0 Å². The summed E-state index contributed by atoms with van der Waals surface area (Å²) in [7, 11) is 0. The van der Waals surface area contributed by atoms with Gasteiger partial charge in [-0.1, -0.05) is 36.4 Å². The standard InChI is InChI=1S/C17H15NO2/c18-10-13-8-12(11-4-2-1-3-5-11)9-15-14(13)6-7-16(19)17(15)20/h1-9,19-20H,10,18H2. The Balaban J connectivity index is 2.33. The number of nitrogens with two attached hydrogens (primary N) is 1. The molecule has 0 spiro atoms. The van der Waals surface area contributed by atoms with Gasteiger partial charge >= 0.3 is 0 Å². The molecule has 3 aromatic rings. The van der Waals surface area contributed by atoms with Crippen molar-refractivity contribution < 1.29 is 10.2 Å². The van der Waals surface area contributed by atoms with Crippen LogP contribution in [0.25, 0.3) is 21.9 Å². The molecule has 3 nitrogen and oxygen atoms in total. The SMILES string of the molecule is NCc1cc(-c2ccccc2)cc2c(O)c(O)ccc12. The van der Waals surface area contributed by atoms with E-state index in [2.05, 4.69) is 0 Å². The molecule has 100 valence electrons. The zero-order chi connectivity index (χ0) is 14.1. The summed E-state index contributed by atoms with van der Waals surface area (Å²) in [4.78, 5) is 0. The number of rotatable bonds is 2. The zero-order valence-electron chi connectivity index (χ0n) is 10.9. The third kappa shape index (κ3) is 1.98. The van der Waals surface area contributed by atoms with Crippen LogP contribution in [0, 0.1) is 0 Å². The van der Waals surface area contributed by atoms with E-state index in [1.807, 2.05) is 42.5 Å². The van der Waals surface area contributed by atoms with Crippen molar-refractivity contribution in [2.24, 2.45) is 5.73 Å². The Kier molecular flexibility index (Phi) is 3.05. The summed E-state index contributed by atoms with van der Waals surface area (Å²) in [5, 5.41) is 21.2. The van der Waals surface area contributed by atoms with E-state index in [1.165, 1.54) is 6.07 Å². The van der Waals surface area contributed by atoms with Crippen LogP contribution in [0.3, 0.4) is 0 Å². The van der Waals surface area contributed by atoms with Crippen LogP contribution in [0.5, 0.6) is 11.5 Å². The number of hydrogen-bond acceptors (Lipinski definition) is 3. The second-order valence-corrected chi connectivity index (χ2v) is 4.73. The van der Waals surface area contributed by atoms with Crippen LogP contribution in [-0.2, 0) is 6.54 Å². The van der Waals surface area contributed by atoms with Gasteiger partial charge < -0.3 is 15.9 Å². The highest BCUT2D eigenvalue weighted by molar-refractivity contribution is 5.96. The lowest BCUT2D eigenvalue weighted by Crippen LogP contribution is -1.98. The van der Waals surface area contributed by atoms with E-state index in [1.54, 1.807) is 6.07 Å². The number of phenols is 2. The molecule has 0 saturated carbocycles.